The Morgan fingerprint density at radius 3 is 2.30 bits per heavy atom. The molecule has 2 fully saturated rings. The molecular formula is C16H30N2O2. The van der Waals surface area contributed by atoms with Crippen molar-refractivity contribution in [2.75, 3.05) is 32.7 Å². The third kappa shape index (κ3) is 3.87. The molecule has 2 aliphatic rings. The number of piperidine rings is 1. The summed E-state index contributed by atoms with van der Waals surface area (Å²) in [6, 6.07) is 0. The van der Waals surface area contributed by atoms with Gasteiger partial charge in [0.15, 0.2) is 0 Å². The van der Waals surface area contributed by atoms with Crippen LogP contribution in [0, 0.1) is 5.41 Å². The van der Waals surface area contributed by atoms with E-state index in [-0.39, 0.29) is 6.09 Å². The number of carbonyl (C=O) groups is 1. The lowest BCUT2D eigenvalue weighted by molar-refractivity contribution is 0.0110. The summed E-state index contributed by atoms with van der Waals surface area (Å²) in [6.45, 7) is 13.4. The maximum absolute atomic E-state index is 12.1. The van der Waals surface area contributed by atoms with E-state index in [1.807, 2.05) is 25.7 Å². The molecule has 0 saturated carbocycles. The molecule has 0 atom stereocenters. The third-order valence-electron chi connectivity index (χ3n) is 4.53. The van der Waals surface area contributed by atoms with E-state index in [1.165, 1.54) is 32.5 Å². The lowest BCUT2D eigenvalue weighted by Crippen LogP contribution is -2.46. The van der Waals surface area contributed by atoms with E-state index in [1.54, 1.807) is 0 Å². The Kier molecular flexibility index (Phi) is 4.62. The molecule has 0 bridgehead atoms. The summed E-state index contributed by atoms with van der Waals surface area (Å²) in [6.07, 6.45) is 4.66. The molecule has 1 amide bonds. The van der Waals surface area contributed by atoms with Crippen molar-refractivity contribution in [3.8, 4) is 0 Å². The van der Waals surface area contributed by atoms with Crippen LogP contribution >= 0.6 is 0 Å². The fraction of sp³-hybridized carbons (Fsp3) is 0.938. The SMILES string of the molecule is CCCN1CCC2(CCN(C(=O)OC(C)(C)C)CC2)C1. The van der Waals surface area contributed by atoms with Crippen LogP contribution in [0.1, 0.15) is 53.4 Å². The van der Waals surface area contributed by atoms with Gasteiger partial charge in [-0.25, -0.2) is 4.79 Å². The molecule has 2 heterocycles. The Balaban J connectivity index is 1.82. The van der Waals surface area contributed by atoms with Crippen molar-refractivity contribution in [1.29, 1.82) is 0 Å². The van der Waals surface area contributed by atoms with Gasteiger partial charge in [0.1, 0.15) is 5.60 Å². The second-order valence-electron chi connectivity index (χ2n) is 7.49. The van der Waals surface area contributed by atoms with Crippen molar-refractivity contribution in [2.45, 2.75) is 59.0 Å². The lowest BCUT2D eigenvalue weighted by atomic mass is 9.78. The molecule has 0 aromatic heterocycles. The van der Waals surface area contributed by atoms with Crippen molar-refractivity contribution < 1.29 is 9.53 Å². The highest BCUT2D eigenvalue weighted by atomic mass is 16.6. The van der Waals surface area contributed by atoms with E-state index in [0.29, 0.717) is 5.41 Å². The van der Waals surface area contributed by atoms with E-state index in [0.717, 1.165) is 25.9 Å². The summed E-state index contributed by atoms with van der Waals surface area (Å²) >= 11 is 0. The van der Waals surface area contributed by atoms with E-state index < -0.39 is 5.60 Å². The number of amides is 1. The van der Waals surface area contributed by atoms with Crippen LogP contribution in [0.2, 0.25) is 0 Å². The molecule has 0 N–H and O–H groups in total. The van der Waals surface area contributed by atoms with Gasteiger partial charge in [-0.05, 0) is 65.0 Å². The minimum atomic E-state index is -0.391. The summed E-state index contributed by atoms with van der Waals surface area (Å²) in [7, 11) is 0. The largest absolute Gasteiger partial charge is 0.444 e. The summed E-state index contributed by atoms with van der Waals surface area (Å²) in [5, 5.41) is 0. The van der Waals surface area contributed by atoms with Crippen molar-refractivity contribution in [3.05, 3.63) is 0 Å². The van der Waals surface area contributed by atoms with Crippen LogP contribution in [0.4, 0.5) is 4.79 Å². The fourth-order valence-corrected chi connectivity index (χ4v) is 3.43. The molecule has 0 aromatic carbocycles. The third-order valence-corrected chi connectivity index (χ3v) is 4.53. The van der Waals surface area contributed by atoms with Crippen LogP contribution in [-0.4, -0.2) is 54.2 Å². The predicted octanol–water partition coefficient (Wildman–Crippen LogP) is 3.12. The molecule has 1 spiro atoms. The zero-order valence-electron chi connectivity index (χ0n) is 13.6. The van der Waals surface area contributed by atoms with Gasteiger partial charge < -0.3 is 14.5 Å². The van der Waals surface area contributed by atoms with Crippen molar-refractivity contribution >= 4 is 6.09 Å². The zero-order chi connectivity index (χ0) is 14.8. The first-order valence-corrected chi connectivity index (χ1v) is 8.04. The molecule has 4 nitrogen and oxygen atoms in total. The number of carbonyl (C=O) groups excluding carboxylic acids is 1. The molecule has 0 aromatic rings. The highest BCUT2D eigenvalue weighted by Crippen LogP contribution is 2.40. The molecule has 2 rings (SSSR count). The first-order chi connectivity index (χ1) is 9.34. The van der Waals surface area contributed by atoms with E-state index in [2.05, 4.69) is 11.8 Å². The first kappa shape index (κ1) is 15.6. The van der Waals surface area contributed by atoms with Gasteiger partial charge in [0, 0.05) is 19.6 Å². The predicted molar refractivity (Wildman–Crippen MR) is 80.8 cm³/mol. The van der Waals surface area contributed by atoms with E-state index >= 15 is 0 Å². The minimum absolute atomic E-state index is 0.143. The number of hydrogen-bond donors (Lipinski definition) is 0. The van der Waals surface area contributed by atoms with E-state index in [9.17, 15) is 4.79 Å². The molecule has 116 valence electrons. The van der Waals surface area contributed by atoms with Crippen LogP contribution in [0.25, 0.3) is 0 Å². The smallest absolute Gasteiger partial charge is 0.410 e. The number of hydrogen-bond acceptors (Lipinski definition) is 3. The summed E-state index contributed by atoms with van der Waals surface area (Å²) in [5.74, 6) is 0. The Morgan fingerprint density at radius 2 is 1.75 bits per heavy atom. The molecule has 2 saturated heterocycles. The quantitative estimate of drug-likeness (QED) is 0.780. The zero-order valence-corrected chi connectivity index (χ0v) is 13.6. The Morgan fingerprint density at radius 1 is 1.15 bits per heavy atom. The molecule has 20 heavy (non-hydrogen) atoms. The van der Waals surface area contributed by atoms with Crippen LogP contribution in [-0.2, 0) is 4.74 Å². The van der Waals surface area contributed by atoms with Crippen LogP contribution in [0.15, 0.2) is 0 Å². The van der Waals surface area contributed by atoms with Gasteiger partial charge in [0.05, 0.1) is 0 Å². The number of nitrogens with zero attached hydrogens (tertiary/aromatic N) is 2. The molecule has 4 heteroatoms. The van der Waals surface area contributed by atoms with Gasteiger partial charge in [0.2, 0.25) is 0 Å². The molecule has 0 unspecified atom stereocenters. The van der Waals surface area contributed by atoms with Crippen molar-refractivity contribution in [2.24, 2.45) is 5.41 Å². The average molecular weight is 282 g/mol. The Bertz CT molecular complexity index is 341. The van der Waals surface area contributed by atoms with Gasteiger partial charge in [-0.1, -0.05) is 6.92 Å². The average Bonchev–Trinajstić information content (AvgIpc) is 2.71. The monoisotopic (exact) mass is 282 g/mol. The van der Waals surface area contributed by atoms with Crippen molar-refractivity contribution in [1.82, 2.24) is 9.80 Å². The van der Waals surface area contributed by atoms with Crippen molar-refractivity contribution in [3.63, 3.8) is 0 Å². The second-order valence-corrected chi connectivity index (χ2v) is 7.49. The molecule has 0 aliphatic carbocycles. The number of ether oxygens (including phenoxy) is 1. The molecule has 0 radical (unpaired) electrons. The normalized spacial score (nSPS) is 23.3. The lowest BCUT2D eigenvalue weighted by Gasteiger charge is -2.39. The fourth-order valence-electron chi connectivity index (χ4n) is 3.43. The van der Waals surface area contributed by atoms with E-state index in [4.69, 9.17) is 4.74 Å². The summed E-state index contributed by atoms with van der Waals surface area (Å²) in [5.41, 5.74) is 0.0746. The van der Waals surface area contributed by atoms with Gasteiger partial charge in [-0.15, -0.1) is 0 Å². The molecular weight excluding hydrogens is 252 g/mol. The maximum atomic E-state index is 12.1. The molecule has 2 aliphatic heterocycles. The van der Waals surface area contributed by atoms with Gasteiger partial charge in [-0.3, -0.25) is 0 Å². The van der Waals surface area contributed by atoms with Gasteiger partial charge in [0.25, 0.3) is 0 Å². The standard InChI is InChI=1S/C16H30N2O2/c1-5-9-17-10-6-16(13-17)7-11-18(12-8-16)14(19)20-15(2,3)4/h5-13H2,1-4H3. The van der Waals surface area contributed by atoms with Crippen LogP contribution < -0.4 is 0 Å². The van der Waals surface area contributed by atoms with Gasteiger partial charge >= 0.3 is 6.09 Å². The van der Waals surface area contributed by atoms with Crippen LogP contribution in [0.5, 0.6) is 0 Å². The number of rotatable bonds is 2. The van der Waals surface area contributed by atoms with Crippen LogP contribution in [0.3, 0.4) is 0 Å². The Hall–Kier alpha value is -0.770. The van der Waals surface area contributed by atoms with Gasteiger partial charge in [-0.2, -0.15) is 0 Å². The highest BCUT2D eigenvalue weighted by Gasteiger charge is 2.41. The maximum Gasteiger partial charge on any atom is 0.410 e. The highest BCUT2D eigenvalue weighted by molar-refractivity contribution is 5.68. The topological polar surface area (TPSA) is 32.8 Å². The summed E-state index contributed by atoms with van der Waals surface area (Å²) < 4.78 is 5.46. The first-order valence-electron chi connectivity index (χ1n) is 8.04. The summed E-state index contributed by atoms with van der Waals surface area (Å²) in [4.78, 5) is 16.6. The number of likely N-dealkylation sites (tertiary alicyclic amines) is 2. The Labute approximate surface area is 123 Å². The second kappa shape index (κ2) is 5.92. The minimum Gasteiger partial charge on any atom is -0.444 e.